The molecule has 0 saturated carbocycles. The highest BCUT2D eigenvalue weighted by atomic mass is 79.9. The number of alkyl halides is 1. The predicted octanol–water partition coefficient (Wildman–Crippen LogP) is 3.32. The highest BCUT2D eigenvalue weighted by molar-refractivity contribution is 9.10. The molecule has 0 fully saturated rings. The van der Waals surface area contributed by atoms with Gasteiger partial charge in [-0.3, -0.25) is 4.79 Å². The van der Waals surface area contributed by atoms with Crippen LogP contribution in [-0.4, -0.2) is 18.3 Å². The van der Waals surface area contributed by atoms with Crippen LogP contribution in [0, 0.1) is 0 Å². The van der Waals surface area contributed by atoms with Crippen LogP contribution in [0.1, 0.15) is 12.0 Å². The van der Waals surface area contributed by atoms with E-state index in [1.165, 1.54) is 0 Å². The number of hydrogen-bond acceptors (Lipinski definition) is 2. The largest absolute Gasteiger partial charge is 0.380 e. The van der Waals surface area contributed by atoms with Crippen molar-refractivity contribution in [3.63, 3.8) is 0 Å². The second-order valence-corrected chi connectivity index (χ2v) is 4.83. The Kier molecular flexibility index (Phi) is 6.01. The van der Waals surface area contributed by atoms with E-state index in [2.05, 4.69) is 37.2 Å². The highest BCUT2D eigenvalue weighted by Gasteiger charge is 2.08. The molecule has 0 aromatic heterocycles. The highest BCUT2D eigenvalue weighted by Crippen LogP contribution is 2.25. The van der Waals surface area contributed by atoms with E-state index in [0.29, 0.717) is 18.4 Å². The number of ether oxygens (including phenoxy) is 1. The van der Waals surface area contributed by atoms with Gasteiger partial charge in [0.2, 0.25) is 5.91 Å². The summed E-state index contributed by atoms with van der Waals surface area (Å²) in [7, 11) is 1.63. The normalized spacial score (nSPS) is 10.2. The Hall–Kier alpha value is -0.390. The van der Waals surface area contributed by atoms with Crippen molar-refractivity contribution in [2.24, 2.45) is 0 Å². The lowest BCUT2D eigenvalue weighted by molar-refractivity contribution is -0.115. The fraction of sp³-hybridized carbons (Fsp3) is 0.364. The van der Waals surface area contributed by atoms with Gasteiger partial charge >= 0.3 is 0 Å². The molecule has 1 aromatic rings. The van der Waals surface area contributed by atoms with Crippen LogP contribution in [0.5, 0.6) is 0 Å². The molecule has 5 heteroatoms. The third-order valence-corrected chi connectivity index (χ3v) is 3.14. The predicted molar refractivity (Wildman–Crippen MR) is 71.9 cm³/mol. The maximum Gasteiger partial charge on any atom is 0.225 e. The van der Waals surface area contributed by atoms with E-state index in [9.17, 15) is 4.79 Å². The van der Waals surface area contributed by atoms with Gasteiger partial charge in [-0.05, 0) is 12.1 Å². The van der Waals surface area contributed by atoms with Crippen LogP contribution in [0.15, 0.2) is 22.7 Å². The number of halogens is 2. The van der Waals surface area contributed by atoms with E-state index in [-0.39, 0.29) is 5.91 Å². The molecule has 1 aromatic carbocycles. The topological polar surface area (TPSA) is 38.3 Å². The minimum Gasteiger partial charge on any atom is -0.380 e. The molecule has 0 unspecified atom stereocenters. The molecule has 0 radical (unpaired) electrons. The zero-order valence-corrected chi connectivity index (χ0v) is 12.1. The number of carbonyl (C=O) groups excluding carboxylic acids is 1. The third-order valence-electron chi connectivity index (χ3n) is 2.00. The van der Waals surface area contributed by atoms with Crippen LogP contribution >= 0.6 is 31.9 Å². The second-order valence-electron chi connectivity index (χ2n) is 3.19. The first-order valence-corrected chi connectivity index (χ1v) is 6.72. The number of benzene rings is 1. The fourth-order valence-corrected chi connectivity index (χ4v) is 2.11. The van der Waals surface area contributed by atoms with Gasteiger partial charge in [0.25, 0.3) is 0 Å². The number of methoxy groups -OCH3 is 1. The maximum absolute atomic E-state index is 11.5. The van der Waals surface area contributed by atoms with Gasteiger partial charge in [0.1, 0.15) is 0 Å². The number of rotatable bonds is 5. The van der Waals surface area contributed by atoms with Gasteiger partial charge < -0.3 is 10.1 Å². The van der Waals surface area contributed by atoms with E-state index in [1.807, 2.05) is 18.2 Å². The molecule has 1 amide bonds. The first-order chi connectivity index (χ1) is 7.69. The van der Waals surface area contributed by atoms with Gasteiger partial charge in [-0.1, -0.05) is 37.9 Å². The summed E-state index contributed by atoms with van der Waals surface area (Å²) in [6, 6.07) is 5.67. The summed E-state index contributed by atoms with van der Waals surface area (Å²) in [5, 5.41) is 3.52. The lowest BCUT2D eigenvalue weighted by Gasteiger charge is -2.11. The molecule has 0 aliphatic heterocycles. The standard InChI is InChI=1S/C11H13Br2NO2/c1-16-7-8-9(13)3-2-4-10(8)14-11(15)5-6-12/h2-4H,5-7H2,1H3,(H,14,15). The van der Waals surface area contributed by atoms with Crippen molar-refractivity contribution in [2.45, 2.75) is 13.0 Å². The van der Waals surface area contributed by atoms with Crippen LogP contribution in [0.25, 0.3) is 0 Å². The molecule has 0 heterocycles. The van der Waals surface area contributed by atoms with E-state index < -0.39 is 0 Å². The molecule has 0 atom stereocenters. The monoisotopic (exact) mass is 349 g/mol. The molecule has 0 saturated heterocycles. The smallest absolute Gasteiger partial charge is 0.225 e. The van der Waals surface area contributed by atoms with Gasteiger partial charge in [-0.25, -0.2) is 0 Å². The summed E-state index contributed by atoms with van der Waals surface area (Å²) in [5.41, 5.74) is 1.75. The molecule has 16 heavy (non-hydrogen) atoms. The summed E-state index contributed by atoms with van der Waals surface area (Å²) >= 11 is 6.67. The van der Waals surface area contributed by atoms with Crippen molar-refractivity contribution in [2.75, 3.05) is 17.8 Å². The van der Waals surface area contributed by atoms with Crippen LogP contribution in [-0.2, 0) is 16.1 Å². The van der Waals surface area contributed by atoms with Gasteiger partial charge in [-0.2, -0.15) is 0 Å². The summed E-state index contributed by atoms with van der Waals surface area (Å²) in [4.78, 5) is 11.5. The van der Waals surface area contributed by atoms with E-state index in [1.54, 1.807) is 7.11 Å². The fourth-order valence-electron chi connectivity index (χ4n) is 1.27. The molecule has 1 rings (SSSR count). The Morgan fingerprint density at radius 1 is 1.50 bits per heavy atom. The third kappa shape index (κ3) is 3.88. The van der Waals surface area contributed by atoms with Gasteiger partial charge in [0, 0.05) is 34.6 Å². The first kappa shape index (κ1) is 13.7. The van der Waals surface area contributed by atoms with Crippen LogP contribution in [0.4, 0.5) is 5.69 Å². The first-order valence-electron chi connectivity index (χ1n) is 4.81. The molecule has 0 bridgehead atoms. The zero-order chi connectivity index (χ0) is 12.0. The number of carbonyl (C=O) groups is 1. The Morgan fingerprint density at radius 2 is 2.25 bits per heavy atom. The number of nitrogens with one attached hydrogen (secondary N) is 1. The SMILES string of the molecule is COCc1c(Br)cccc1NC(=O)CCBr. The maximum atomic E-state index is 11.5. The average Bonchev–Trinajstić information content (AvgIpc) is 2.23. The van der Waals surface area contributed by atoms with Crippen molar-refractivity contribution < 1.29 is 9.53 Å². The van der Waals surface area contributed by atoms with E-state index >= 15 is 0 Å². The Morgan fingerprint density at radius 3 is 2.88 bits per heavy atom. The number of amides is 1. The minimum atomic E-state index is -0.00710. The summed E-state index contributed by atoms with van der Waals surface area (Å²) in [5.74, 6) is -0.00710. The van der Waals surface area contributed by atoms with Crippen molar-refractivity contribution in [3.8, 4) is 0 Å². The van der Waals surface area contributed by atoms with E-state index in [4.69, 9.17) is 4.74 Å². The minimum absolute atomic E-state index is 0.00710. The van der Waals surface area contributed by atoms with Crippen LogP contribution < -0.4 is 5.32 Å². The quantitative estimate of drug-likeness (QED) is 0.827. The van der Waals surface area contributed by atoms with Gasteiger partial charge in [0.05, 0.1) is 6.61 Å². The number of hydrogen-bond donors (Lipinski definition) is 1. The van der Waals surface area contributed by atoms with Gasteiger partial charge in [-0.15, -0.1) is 0 Å². The summed E-state index contributed by atoms with van der Waals surface area (Å²) in [6.45, 7) is 0.464. The molecular weight excluding hydrogens is 338 g/mol. The molecule has 1 N–H and O–H groups in total. The molecule has 3 nitrogen and oxygen atoms in total. The van der Waals surface area contributed by atoms with Crippen molar-refractivity contribution in [1.29, 1.82) is 0 Å². The molecule has 0 aliphatic carbocycles. The number of anilines is 1. The lowest BCUT2D eigenvalue weighted by atomic mass is 10.2. The molecule has 0 aliphatic rings. The Bertz CT molecular complexity index is 369. The van der Waals surface area contributed by atoms with Crippen molar-refractivity contribution in [1.82, 2.24) is 0 Å². The molecule has 0 spiro atoms. The van der Waals surface area contributed by atoms with E-state index in [0.717, 1.165) is 15.7 Å². The summed E-state index contributed by atoms with van der Waals surface area (Å²) in [6.07, 6.45) is 0.457. The Balaban J connectivity index is 2.85. The van der Waals surface area contributed by atoms with Crippen molar-refractivity contribution >= 4 is 43.5 Å². The molecular formula is C11H13Br2NO2. The zero-order valence-electron chi connectivity index (χ0n) is 8.93. The van der Waals surface area contributed by atoms with Crippen LogP contribution in [0.3, 0.4) is 0 Å². The Labute approximate surface area is 112 Å². The lowest BCUT2D eigenvalue weighted by Crippen LogP contribution is -2.13. The average molecular weight is 351 g/mol. The van der Waals surface area contributed by atoms with Crippen LogP contribution in [0.2, 0.25) is 0 Å². The summed E-state index contributed by atoms with van der Waals surface area (Å²) < 4.78 is 6.04. The second kappa shape index (κ2) is 7.04. The van der Waals surface area contributed by atoms with Crippen molar-refractivity contribution in [3.05, 3.63) is 28.2 Å². The molecule has 88 valence electrons. The van der Waals surface area contributed by atoms with Gasteiger partial charge in [0.15, 0.2) is 0 Å².